The van der Waals surface area contributed by atoms with E-state index in [9.17, 15) is 19.5 Å². The summed E-state index contributed by atoms with van der Waals surface area (Å²) in [5.74, 6) is 1.57. The fraction of sp³-hybridized carbons (Fsp3) is 0.577. The summed E-state index contributed by atoms with van der Waals surface area (Å²) in [4.78, 5) is 39.9. The average Bonchev–Trinajstić information content (AvgIpc) is 3.13. The first-order valence-corrected chi connectivity index (χ1v) is 12.3. The van der Waals surface area contributed by atoms with Gasteiger partial charge in [-0.05, 0) is 68.4 Å². The van der Waals surface area contributed by atoms with Crippen LogP contribution in [0.1, 0.15) is 38.5 Å². The molecule has 1 aromatic rings. The molecule has 4 saturated carbocycles. The predicted octanol–water partition coefficient (Wildman–Crippen LogP) is 2.52. The van der Waals surface area contributed by atoms with E-state index >= 15 is 0 Å². The second kappa shape index (κ2) is 9.18. The first kappa shape index (κ1) is 23.7. The van der Waals surface area contributed by atoms with E-state index in [-0.39, 0.29) is 42.3 Å². The molecule has 1 aromatic carbocycles. The molecule has 5 aliphatic rings. The van der Waals surface area contributed by atoms with E-state index < -0.39 is 11.9 Å². The Hall–Kier alpha value is -3.07. The molecule has 1 aliphatic heterocycles. The van der Waals surface area contributed by atoms with Gasteiger partial charge in [-0.2, -0.15) is 0 Å². The molecule has 0 spiro atoms. The van der Waals surface area contributed by atoms with Crippen molar-refractivity contribution in [2.45, 2.75) is 38.5 Å². The van der Waals surface area contributed by atoms with Gasteiger partial charge in [0.25, 0.3) is 5.91 Å². The lowest BCUT2D eigenvalue weighted by Gasteiger charge is -2.55. The lowest BCUT2D eigenvalue weighted by atomic mass is 9.49. The van der Waals surface area contributed by atoms with Crippen LogP contribution < -0.4 is 15.4 Å². The normalized spacial score (nSPS) is 28.9. The number of amides is 2. The minimum absolute atomic E-state index is 0.0603. The zero-order chi connectivity index (χ0) is 24.7. The fourth-order valence-corrected chi connectivity index (χ4v) is 7.01. The molecule has 0 atom stereocenters. The van der Waals surface area contributed by atoms with Crippen LogP contribution in [0.5, 0.6) is 5.75 Å². The summed E-state index contributed by atoms with van der Waals surface area (Å²) in [6, 6.07) is 5.18. The van der Waals surface area contributed by atoms with Gasteiger partial charge in [-0.15, -0.1) is 0 Å². The Kier molecular flexibility index (Phi) is 6.21. The molecule has 9 nitrogen and oxygen atoms in total. The zero-order valence-corrected chi connectivity index (χ0v) is 20.3. The van der Waals surface area contributed by atoms with Gasteiger partial charge < -0.3 is 30.1 Å². The van der Waals surface area contributed by atoms with Gasteiger partial charge in [0.05, 0.1) is 44.0 Å². The van der Waals surface area contributed by atoms with Gasteiger partial charge in [-0.1, -0.05) is 0 Å². The van der Waals surface area contributed by atoms with Crippen LogP contribution >= 0.6 is 0 Å². The molecular weight excluding hydrogens is 450 g/mol. The molecule has 0 saturated heterocycles. The van der Waals surface area contributed by atoms with Crippen LogP contribution in [0.25, 0.3) is 0 Å². The van der Waals surface area contributed by atoms with Crippen molar-refractivity contribution in [2.75, 3.05) is 44.5 Å². The summed E-state index contributed by atoms with van der Waals surface area (Å²) in [6.07, 6.45) is 6.74. The molecule has 4 bridgehead atoms. The number of β-amino-alcohol motifs (C(OH)–C–C–N with tert-alkyl or cyclic N) is 1. The predicted molar refractivity (Wildman–Crippen MR) is 129 cm³/mol. The van der Waals surface area contributed by atoms with Gasteiger partial charge in [0.2, 0.25) is 5.91 Å². The maximum absolute atomic E-state index is 13.5. The second-order valence-electron chi connectivity index (χ2n) is 10.5. The smallest absolute Gasteiger partial charge is 0.337 e. The quantitative estimate of drug-likeness (QED) is 0.487. The molecule has 35 heavy (non-hydrogen) atoms. The Balaban J connectivity index is 1.34. The SMILES string of the molecule is COC(=O)C1=C(Nc2ccc(NC(=O)C34CC5CC(CC(C5)C3)C4)c(OC)c2)C(=O)N(CCO)C1. The Morgan fingerprint density at radius 2 is 1.77 bits per heavy atom. The first-order valence-electron chi connectivity index (χ1n) is 12.3. The van der Waals surface area contributed by atoms with Crippen molar-refractivity contribution in [1.29, 1.82) is 0 Å². The van der Waals surface area contributed by atoms with Gasteiger partial charge in [0, 0.05) is 18.3 Å². The van der Waals surface area contributed by atoms with E-state index in [4.69, 9.17) is 9.47 Å². The van der Waals surface area contributed by atoms with Gasteiger partial charge >= 0.3 is 5.97 Å². The van der Waals surface area contributed by atoms with Gasteiger partial charge in [0.15, 0.2) is 0 Å². The number of carbonyl (C=O) groups excluding carboxylic acids is 3. The summed E-state index contributed by atoms with van der Waals surface area (Å²) >= 11 is 0. The zero-order valence-electron chi connectivity index (χ0n) is 20.3. The standard InChI is InChI=1S/C26H33N3O6/c1-34-21-10-18(27-22-19(24(32)35-2)14-29(5-6-30)23(22)31)3-4-20(21)28-25(33)26-11-15-7-16(12-26)9-17(8-15)13-26/h3-4,10,15-17,27,30H,5-9,11-14H2,1-2H3,(H,28,33). The van der Waals surface area contributed by atoms with Crippen LogP contribution in [0, 0.1) is 23.2 Å². The monoisotopic (exact) mass is 483 g/mol. The Bertz CT molecular complexity index is 1050. The Morgan fingerprint density at radius 1 is 1.11 bits per heavy atom. The summed E-state index contributed by atoms with van der Waals surface area (Å²) in [5.41, 5.74) is 1.15. The van der Waals surface area contributed by atoms with E-state index in [1.807, 2.05) is 0 Å². The van der Waals surface area contributed by atoms with Gasteiger partial charge in [-0.3, -0.25) is 9.59 Å². The number of esters is 1. The van der Waals surface area contributed by atoms with Crippen LogP contribution in [-0.2, 0) is 19.1 Å². The lowest BCUT2D eigenvalue weighted by molar-refractivity contribution is -0.140. The van der Waals surface area contributed by atoms with E-state index in [1.54, 1.807) is 18.2 Å². The number of nitrogens with one attached hydrogen (secondary N) is 2. The summed E-state index contributed by atoms with van der Waals surface area (Å²) in [5, 5.41) is 15.4. The number of benzene rings is 1. The van der Waals surface area contributed by atoms with Crippen molar-refractivity contribution in [3.05, 3.63) is 29.5 Å². The molecule has 0 aromatic heterocycles. The van der Waals surface area contributed by atoms with Crippen LogP contribution in [0.3, 0.4) is 0 Å². The molecule has 188 valence electrons. The molecule has 0 unspecified atom stereocenters. The van der Waals surface area contributed by atoms with Crippen LogP contribution in [0.2, 0.25) is 0 Å². The molecule has 2 amide bonds. The Morgan fingerprint density at radius 3 is 2.34 bits per heavy atom. The highest BCUT2D eigenvalue weighted by Crippen LogP contribution is 2.60. The third kappa shape index (κ3) is 4.26. The average molecular weight is 484 g/mol. The minimum atomic E-state index is -0.604. The number of ether oxygens (including phenoxy) is 2. The maximum atomic E-state index is 13.5. The molecule has 1 heterocycles. The third-order valence-corrected chi connectivity index (χ3v) is 8.19. The van der Waals surface area contributed by atoms with Crippen molar-refractivity contribution < 1.29 is 29.0 Å². The third-order valence-electron chi connectivity index (χ3n) is 8.19. The van der Waals surface area contributed by atoms with Crippen molar-refractivity contribution in [2.24, 2.45) is 23.2 Å². The number of rotatable bonds is 8. The molecule has 6 rings (SSSR count). The van der Waals surface area contributed by atoms with Crippen LogP contribution in [0.15, 0.2) is 29.5 Å². The van der Waals surface area contributed by atoms with E-state index in [0.29, 0.717) is 34.9 Å². The molecule has 4 fully saturated rings. The Labute approximate surface area is 204 Å². The van der Waals surface area contributed by atoms with E-state index in [1.165, 1.54) is 38.4 Å². The topological polar surface area (TPSA) is 117 Å². The maximum Gasteiger partial charge on any atom is 0.337 e. The van der Waals surface area contributed by atoms with Gasteiger partial charge in [0.1, 0.15) is 11.4 Å². The molecule has 9 heteroatoms. The molecule has 4 aliphatic carbocycles. The number of anilines is 2. The van der Waals surface area contributed by atoms with Crippen molar-refractivity contribution >= 4 is 29.2 Å². The number of aliphatic hydroxyl groups excluding tert-OH is 1. The number of carbonyl (C=O) groups is 3. The largest absolute Gasteiger partial charge is 0.494 e. The summed E-state index contributed by atoms with van der Waals surface area (Å²) < 4.78 is 10.4. The highest BCUT2D eigenvalue weighted by molar-refractivity contribution is 6.08. The van der Waals surface area contributed by atoms with Crippen molar-refractivity contribution in [1.82, 2.24) is 4.90 Å². The number of nitrogens with zero attached hydrogens (tertiary/aromatic N) is 1. The highest BCUT2D eigenvalue weighted by Gasteiger charge is 2.54. The molecule has 3 N–H and O–H groups in total. The number of hydrogen-bond donors (Lipinski definition) is 3. The molecular formula is C26H33N3O6. The van der Waals surface area contributed by atoms with Crippen LogP contribution in [0.4, 0.5) is 11.4 Å². The van der Waals surface area contributed by atoms with E-state index in [2.05, 4.69) is 10.6 Å². The number of methoxy groups -OCH3 is 2. The van der Waals surface area contributed by atoms with Gasteiger partial charge in [-0.25, -0.2) is 4.79 Å². The van der Waals surface area contributed by atoms with Crippen molar-refractivity contribution in [3.63, 3.8) is 0 Å². The fourth-order valence-electron chi connectivity index (χ4n) is 7.01. The van der Waals surface area contributed by atoms with E-state index in [0.717, 1.165) is 19.3 Å². The van der Waals surface area contributed by atoms with Crippen molar-refractivity contribution in [3.8, 4) is 5.75 Å². The second-order valence-corrected chi connectivity index (χ2v) is 10.5. The lowest BCUT2D eigenvalue weighted by Crippen LogP contribution is -2.51. The summed E-state index contributed by atoms with van der Waals surface area (Å²) in [6.45, 7) is -0.0344. The molecule has 0 radical (unpaired) electrons. The summed E-state index contributed by atoms with van der Waals surface area (Å²) in [7, 11) is 2.79. The van der Waals surface area contributed by atoms with Crippen LogP contribution in [-0.4, -0.2) is 61.7 Å². The number of aliphatic hydroxyl groups is 1. The minimum Gasteiger partial charge on any atom is -0.494 e. The first-order chi connectivity index (χ1) is 16.9. The highest BCUT2D eigenvalue weighted by atomic mass is 16.5. The number of hydrogen-bond acceptors (Lipinski definition) is 7.